The van der Waals surface area contributed by atoms with Gasteiger partial charge in [0.15, 0.2) is 0 Å². The van der Waals surface area contributed by atoms with Crippen molar-refractivity contribution >= 4 is 32.7 Å². The monoisotopic (exact) mass is 563 g/mol. The molecule has 0 fully saturated rings. The van der Waals surface area contributed by atoms with Gasteiger partial charge in [0.1, 0.15) is 11.6 Å². The molecule has 1 atom stereocenters. The Labute approximate surface area is 224 Å². The van der Waals surface area contributed by atoms with E-state index in [9.17, 15) is 9.59 Å². The number of fused-ring (bicyclic) bond motifs is 1. The molecule has 0 aliphatic carbocycles. The number of methoxy groups -OCH3 is 2. The fourth-order valence-electron chi connectivity index (χ4n) is 4.46. The molecular weight excluding hydrogens is 534 g/mol. The van der Waals surface area contributed by atoms with Crippen molar-refractivity contribution < 1.29 is 14.3 Å². The fourth-order valence-corrected chi connectivity index (χ4v) is 4.92. The zero-order chi connectivity index (χ0) is 26.4. The largest absolute Gasteiger partial charge is 0.497 e. The summed E-state index contributed by atoms with van der Waals surface area (Å²) in [6.07, 6.45) is 1.20. The first-order valence-corrected chi connectivity index (χ1v) is 13.0. The molecule has 0 bridgehead atoms. The van der Waals surface area contributed by atoms with Gasteiger partial charge in [0, 0.05) is 24.7 Å². The smallest absolute Gasteiger partial charge is 0.266 e. The minimum absolute atomic E-state index is 0.140. The van der Waals surface area contributed by atoms with Crippen molar-refractivity contribution in [1.29, 1.82) is 0 Å². The number of carbonyl (C=O) groups excluding carboxylic acids is 1. The summed E-state index contributed by atoms with van der Waals surface area (Å²) in [5.41, 5.74) is 1.62. The van der Waals surface area contributed by atoms with Gasteiger partial charge >= 0.3 is 0 Å². The second-order valence-corrected chi connectivity index (χ2v) is 9.43. The van der Waals surface area contributed by atoms with Crippen LogP contribution in [0.4, 0.5) is 0 Å². The number of para-hydroxylation sites is 1. The molecule has 37 heavy (non-hydrogen) atoms. The van der Waals surface area contributed by atoms with E-state index in [1.54, 1.807) is 35.8 Å². The predicted octanol–water partition coefficient (Wildman–Crippen LogP) is 5.79. The van der Waals surface area contributed by atoms with Crippen molar-refractivity contribution in [1.82, 2.24) is 14.5 Å². The molecule has 7 nitrogen and oxygen atoms in total. The Hall–Kier alpha value is -3.49. The highest BCUT2D eigenvalue weighted by Crippen LogP contribution is 2.29. The van der Waals surface area contributed by atoms with Gasteiger partial charge in [0.25, 0.3) is 11.5 Å². The summed E-state index contributed by atoms with van der Waals surface area (Å²) in [4.78, 5) is 34.6. The average molecular weight is 564 g/mol. The van der Waals surface area contributed by atoms with Gasteiger partial charge in [0.05, 0.1) is 35.3 Å². The summed E-state index contributed by atoms with van der Waals surface area (Å²) in [7, 11) is 3.24. The van der Waals surface area contributed by atoms with E-state index in [4.69, 9.17) is 14.5 Å². The predicted molar refractivity (Wildman–Crippen MR) is 149 cm³/mol. The van der Waals surface area contributed by atoms with Crippen molar-refractivity contribution in [2.75, 3.05) is 27.4 Å². The highest BCUT2D eigenvalue weighted by molar-refractivity contribution is 9.10. The van der Waals surface area contributed by atoms with Crippen molar-refractivity contribution in [2.24, 2.45) is 0 Å². The molecule has 1 aromatic heterocycles. The lowest BCUT2D eigenvalue weighted by Crippen LogP contribution is -2.39. The molecule has 1 heterocycles. The van der Waals surface area contributed by atoms with Crippen LogP contribution in [0.15, 0.2) is 82.1 Å². The molecule has 0 aliphatic heterocycles. The molecule has 4 rings (SSSR count). The van der Waals surface area contributed by atoms with Crippen molar-refractivity contribution in [2.45, 2.75) is 25.8 Å². The number of hydrogen-bond acceptors (Lipinski definition) is 5. The normalized spacial score (nSPS) is 11.9. The maximum Gasteiger partial charge on any atom is 0.266 e. The van der Waals surface area contributed by atoms with E-state index in [2.05, 4.69) is 15.9 Å². The van der Waals surface area contributed by atoms with Gasteiger partial charge in [-0.15, -0.1) is 0 Å². The molecule has 3 aromatic carbocycles. The van der Waals surface area contributed by atoms with E-state index in [0.717, 1.165) is 0 Å². The van der Waals surface area contributed by atoms with Crippen LogP contribution in [0.1, 0.15) is 42.0 Å². The molecule has 8 heteroatoms. The molecule has 0 saturated heterocycles. The van der Waals surface area contributed by atoms with Crippen LogP contribution < -0.4 is 10.3 Å². The summed E-state index contributed by atoms with van der Waals surface area (Å²) < 4.78 is 12.9. The van der Waals surface area contributed by atoms with Gasteiger partial charge in [-0.2, -0.15) is 0 Å². The van der Waals surface area contributed by atoms with Crippen LogP contribution in [0.3, 0.4) is 0 Å². The van der Waals surface area contributed by atoms with Crippen LogP contribution in [0, 0.1) is 0 Å². The van der Waals surface area contributed by atoms with Crippen LogP contribution in [0.5, 0.6) is 5.75 Å². The Morgan fingerprint density at radius 1 is 1.03 bits per heavy atom. The molecule has 0 aliphatic rings. The van der Waals surface area contributed by atoms with E-state index in [1.165, 1.54) is 0 Å². The Morgan fingerprint density at radius 3 is 2.41 bits per heavy atom. The Morgan fingerprint density at radius 2 is 1.73 bits per heavy atom. The quantitative estimate of drug-likeness (QED) is 0.228. The lowest BCUT2D eigenvalue weighted by Gasteiger charge is -2.32. The Kier molecular flexibility index (Phi) is 8.74. The van der Waals surface area contributed by atoms with Gasteiger partial charge in [0.2, 0.25) is 0 Å². The summed E-state index contributed by atoms with van der Waals surface area (Å²) in [6, 6.07) is 21.5. The van der Waals surface area contributed by atoms with E-state index in [-0.39, 0.29) is 11.5 Å². The van der Waals surface area contributed by atoms with Crippen molar-refractivity contribution in [3.8, 4) is 11.4 Å². The van der Waals surface area contributed by atoms with Crippen LogP contribution >= 0.6 is 15.9 Å². The van der Waals surface area contributed by atoms with E-state index >= 15 is 0 Å². The minimum atomic E-state index is -0.462. The number of hydrogen-bond donors (Lipinski definition) is 0. The lowest BCUT2D eigenvalue weighted by molar-refractivity contribution is 0.0633. The van der Waals surface area contributed by atoms with Gasteiger partial charge < -0.3 is 14.4 Å². The molecule has 0 saturated carbocycles. The summed E-state index contributed by atoms with van der Waals surface area (Å²) >= 11 is 3.53. The Balaban J connectivity index is 1.92. The first-order chi connectivity index (χ1) is 18.0. The van der Waals surface area contributed by atoms with E-state index in [0.29, 0.717) is 64.2 Å². The van der Waals surface area contributed by atoms with Gasteiger partial charge in [-0.1, -0.05) is 31.2 Å². The number of nitrogens with zero attached hydrogens (tertiary/aromatic N) is 3. The average Bonchev–Trinajstić information content (AvgIpc) is 2.93. The molecule has 1 amide bonds. The zero-order valence-electron chi connectivity index (χ0n) is 21.2. The first kappa shape index (κ1) is 26.6. The number of rotatable bonds is 10. The zero-order valence-corrected chi connectivity index (χ0v) is 22.8. The molecule has 0 spiro atoms. The molecule has 192 valence electrons. The lowest BCUT2D eigenvalue weighted by atomic mass is 10.1. The van der Waals surface area contributed by atoms with Crippen LogP contribution in [-0.4, -0.2) is 47.7 Å². The van der Waals surface area contributed by atoms with E-state index < -0.39 is 6.04 Å². The number of aromatic nitrogens is 2. The third-order valence-electron chi connectivity index (χ3n) is 6.31. The maximum absolute atomic E-state index is 13.9. The number of benzene rings is 3. The summed E-state index contributed by atoms with van der Waals surface area (Å²) in [5.74, 6) is 1.05. The number of halogens is 1. The molecule has 0 N–H and O–H groups in total. The summed E-state index contributed by atoms with van der Waals surface area (Å²) in [5, 5.41) is 0.514. The van der Waals surface area contributed by atoms with Crippen LogP contribution in [-0.2, 0) is 4.74 Å². The summed E-state index contributed by atoms with van der Waals surface area (Å²) in [6.45, 7) is 2.95. The fraction of sp³-hybridized carbons (Fsp3) is 0.276. The highest BCUT2D eigenvalue weighted by atomic mass is 79.9. The highest BCUT2D eigenvalue weighted by Gasteiger charge is 2.30. The topological polar surface area (TPSA) is 73.7 Å². The van der Waals surface area contributed by atoms with Crippen molar-refractivity contribution in [3.05, 3.63) is 99.0 Å². The van der Waals surface area contributed by atoms with E-state index in [1.807, 2.05) is 67.6 Å². The standard InChI is InChI=1S/C29H30BrN3O4/c1-4-26(32(18-9-19-36-2)28(34)22-10-5-7-12-24(22)30)27-31-25-13-8-6-11-23(25)29(35)33(27)20-14-16-21(37-3)17-15-20/h5-8,10-17,26H,4,9,18-19H2,1-3H3. The second kappa shape index (κ2) is 12.2. The first-order valence-electron chi connectivity index (χ1n) is 12.2. The number of carbonyl (C=O) groups is 1. The van der Waals surface area contributed by atoms with Gasteiger partial charge in [-0.3, -0.25) is 14.2 Å². The maximum atomic E-state index is 13.9. The Bertz CT molecular complexity index is 1440. The molecule has 0 radical (unpaired) electrons. The van der Waals surface area contributed by atoms with Crippen LogP contribution in [0.25, 0.3) is 16.6 Å². The SMILES string of the molecule is CCC(c1nc2ccccc2c(=O)n1-c1ccc(OC)cc1)N(CCCOC)C(=O)c1ccccc1Br. The molecule has 4 aromatic rings. The van der Waals surface area contributed by atoms with Crippen molar-refractivity contribution in [3.63, 3.8) is 0 Å². The second-order valence-electron chi connectivity index (χ2n) is 8.57. The van der Waals surface area contributed by atoms with Crippen LogP contribution in [0.2, 0.25) is 0 Å². The number of amides is 1. The third-order valence-corrected chi connectivity index (χ3v) is 7.00. The molecule has 1 unspecified atom stereocenters. The van der Waals surface area contributed by atoms with Gasteiger partial charge in [-0.05, 0) is 77.3 Å². The minimum Gasteiger partial charge on any atom is -0.497 e. The molecular formula is C29H30BrN3O4. The third kappa shape index (κ3) is 5.60. The van der Waals surface area contributed by atoms with Gasteiger partial charge in [-0.25, -0.2) is 4.98 Å². The number of ether oxygens (including phenoxy) is 2.